The standard InChI is InChI=1S/C29H27ClF3N5O4/c1-35(2)16-18-6-8-19(9-7-18)38-17-21(28(40)41)26(39)20-15-22(31)25(27(24(20)38)42-29(30,32)33)37-13-11-36(12-14-37)23-5-3-4-10-34-23/h3-10,15,17H,11-14,16H2,1-2H3,(H,40,41). The number of carboxylic acid groups (broad SMARTS) is 1. The monoisotopic (exact) mass is 601 g/mol. The second kappa shape index (κ2) is 11.5. The van der Waals surface area contributed by atoms with Gasteiger partial charge in [0, 0.05) is 62.4 Å². The van der Waals surface area contributed by atoms with Crippen LogP contribution in [0.5, 0.6) is 5.75 Å². The van der Waals surface area contributed by atoms with Crippen LogP contribution >= 0.6 is 11.6 Å². The Bertz CT molecular complexity index is 1670. The Morgan fingerprint density at radius 2 is 1.76 bits per heavy atom. The van der Waals surface area contributed by atoms with Crippen LogP contribution in [0.4, 0.5) is 24.7 Å². The van der Waals surface area contributed by atoms with Crippen LogP contribution in [-0.4, -0.2) is 71.4 Å². The van der Waals surface area contributed by atoms with Crippen molar-refractivity contribution < 1.29 is 27.8 Å². The molecular weight excluding hydrogens is 575 g/mol. The first kappa shape index (κ1) is 29.2. The lowest BCUT2D eigenvalue weighted by Crippen LogP contribution is -2.47. The van der Waals surface area contributed by atoms with E-state index in [1.807, 2.05) is 36.0 Å². The largest absolute Gasteiger partial charge is 0.487 e. The Balaban J connectivity index is 1.70. The lowest BCUT2D eigenvalue weighted by atomic mass is 10.1. The number of nitrogens with zero attached hydrogens (tertiary/aromatic N) is 5. The van der Waals surface area contributed by atoms with Gasteiger partial charge in [-0.2, -0.15) is 0 Å². The molecule has 0 spiro atoms. The molecule has 0 atom stereocenters. The van der Waals surface area contributed by atoms with Gasteiger partial charge in [-0.3, -0.25) is 4.79 Å². The Morgan fingerprint density at radius 3 is 2.33 bits per heavy atom. The summed E-state index contributed by atoms with van der Waals surface area (Å²) in [6.45, 7) is 1.81. The lowest BCUT2D eigenvalue weighted by Gasteiger charge is -2.37. The molecule has 4 aromatic rings. The summed E-state index contributed by atoms with van der Waals surface area (Å²) in [4.78, 5) is 35.0. The SMILES string of the molecule is CN(C)Cc1ccc(-n2cc(C(=O)O)c(=O)c3cc(F)c(N4CCN(c5ccccn5)CC4)c(OC(F)(F)Cl)c32)cc1. The first-order valence-corrected chi connectivity index (χ1v) is 13.4. The van der Waals surface area contributed by atoms with Crippen LogP contribution in [0.25, 0.3) is 16.6 Å². The molecule has 1 aliphatic rings. The van der Waals surface area contributed by atoms with E-state index in [0.29, 0.717) is 31.1 Å². The summed E-state index contributed by atoms with van der Waals surface area (Å²) in [5.41, 5.74) is -5.28. The lowest BCUT2D eigenvalue weighted by molar-refractivity contribution is -0.0955. The van der Waals surface area contributed by atoms with Crippen molar-refractivity contribution >= 4 is 40.0 Å². The minimum Gasteiger partial charge on any atom is -0.477 e. The molecule has 0 amide bonds. The molecule has 5 rings (SSSR count). The number of rotatable bonds is 8. The van der Waals surface area contributed by atoms with Crippen LogP contribution in [0, 0.1) is 5.82 Å². The van der Waals surface area contributed by atoms with Gasteiger partial charge in [0.2, 0.25) is 5.43 Å². The number of aromatic nitrogens is 2. The van der Waals surface area contributed by atoms with Crippen molar-refractivity contribution in [3.05, 3.63) is 88.1 Å². The van der Waals surface area contributed by atoms with Crippen molar-refractivity contribution in [2.45, 2.75) is 12.1 Å². The molecule has 9 nitrogen and oxygen atoms in total. The average molecular weight is 602 g/mol. The van der Waals surface area contributed by atoms with Gasteiger partial charge >= 0.3 is 11.5 Å². The first-order valence-electron chi connectivity index (χ1n) is 13.0. The maximum Gasteiger partial charge on any atom is 0.487 e. The number of alkyl halides is 3. The quantitative estimate of drug-likeness (QED) is 0.289. The molecule has 3 heterocycles. The van der Waals surface area contributed by atoms with Crippen LogP contribution in [0.3, 0.4) is 0 Å². The number of halogens is 4. The summed E-state index contributed by atoms with van der Waals surface area (Å²) in [5.74, 6) is -2.55. The molecule has 2 aromatic heterocycles. The Kier molecular flexibility index (Phi) is 8.02. The van der Waals surface area contributed by atoms with Crippen LogP contribution in [0.1, 0.15) is 15.9 Å². The van der Waals surface area contributed by atoms with Crippen LogP contribution in [0.2, 0.25) is 0 Å². The topological polar surface area (TPSA) is 91.1 Å². The second-order valence-corrected chi connectivity index (χ2v) is 10.5. The van der Waals surface area contributed by atoms with E-state index in [-0.39, 0.29) is 24.3 Å². The third-order valence-electron chi connectivity index (χ3n) is 6.90. The summed E-state index contributed by atoms with van der Waals surface area (Å²) in [6.07, 6.45) is 2.67. The molecule has 2 aromatic carbocycles. The van der Waals surface area contributed by atoms with Gasteiger partial charge in [0.25, 0.3) is 0 Å². The van der Waals surface area contributed by atoms with Crippen LogP contribution in [-0.2, 0) is 6.54 Å². The number of pyridine rings is 2. The van der Waals surface area contributed by atoms with E-state index in [1.54, 1.807) is 36.5 Å². The number of benzene rings is 2. The number of aromatic carboxylic acids is 1. The molecule has 0 bridgehead atoms. The van der Waals surface area contributed by atoms with Crippen LogP contribution < -0.4 is 20.0 Å². The number of anilines is 2. The van der Waals surface area contributed by atoms with Gasteiger partial charge in [-0.1, -0.05) is 18.2 Å². The van der Waals surface area contributed by atoms with E-state index in [4.69, 9.17) is 16.3 Å². The molecule has 42 heavy (non-hydrogen) atoms. The second-order valence-electron chi connectivity index (χ2n) is 10.1. The maximum atomic E-state index is 15.8. The molecule has 220 valence electrons. The van der Waals surface area contributed by atoms with E-state index in [0.717, 1.165) is 17.8 Å². The number of fused-ring (bicyclic) bond motifs is 1. The van der Waals surface area contributed by atoms with E-state index in [2.05, 4.69) is 4.98 Å². The number of piperazine rings is 1. The molecule has 1 N–H and O–H groups in total. The van der Waals surface area contributed by atoms with Gasteiger partial charge in [-0.05, 0) is 50.0 Å². The van der Waals surface area contributed by atoms with Crippen molar-refractivity contribution in [1.29, 1.82) is 0 Å². The fourth-order valence-electron chi connectivity index (χ4n) is 5.11. The highest BCUT2D eigenvalue weighted by Gasteiger charge is 2.35. The smallest absolute Gasteiger partial charge is 0.477 e. The molecule has 1 aliphatic heterocycles. The van der Waals surface area contributed by atoms with Gasteiger partial charge in [-0.15, -0.1) is 8.78 Å². The minimum atomic E-state index is -4.27. The number of hydrogen-bond donors (Lipinski definition) is 1. The Hall–Kier alpha value is -4.29. The molecule has 1 saturated heterocycles. The van der Waals surface area contributed by atoms with E-state index < -0.39 is 39.5 Å². The van der Waals surface area contributed by atoms with E-state index in [9.17, 15) is 23.5 Å². The Morgan fingerprint density at radius 1 is 1.10 bits per heavy atom. The maximum absolute atomic E-state index is 15.8. The van der Waals surface area contributed by atoms with Gasteiger partial charge in [-0.25, -0.2) is 14.2 Å². The zero-order valence-electron chi connectivity index (χ0n) is 22.7. The summed E-state index contributed by atoms with van der Waals surface area (Å²) in [7, 11) is 3.79. The molecule has 13 heteroatoms. The van der Waals surface area contributed by atoms with Gasteiger partial charge in [0.1, 0.15) is 22.6 Å². The minimum absolute atomic E-state index is 0.208. The molecule has 0 unspecified atom stereocenters. The highest BCUT2D eigenvalue weighted by Crippen LogP contribution is 2.43. The normalized spacial score (nSPS) is 14.1. The van der Waals surface area contributed by atoms with Crippen molar-refractivity contribution in [2.75, 3.05) is 50.1 Å². The molecule has 0 saturated carbocycles. The molecular formula is C29H27ClF3N5O4. The summed E-state index contributed by atoms with van der Waals surface area (Å²) in [5, 5.41) is 9.29. The van der Waals surface area contributed by atoms with E-state index in [1.165, 1.54) is 9.47 Å². The number of carboxylic acids is 1. The average Bonchev–Trinajstić information content (AvgIpc) is 2.93. The van der Waals surface area contributed by atoms with Crippen molar-refractivity contribution in [3.63, 3.8) is 0 Å². The first-order chi connectivity index (χ1) is 19.9. The third kappa shape index (κ3) is 6.00. The predicted octanol–water partition coefficient (Wildman–Crippen LogP) is 4.78. The van der Waals surface area contributed by atoms with Crippen molar-refractivity contribution in [1.82, 2.24) is 14.5 Å². The molecule has 0 radical (unpaired) electrons. The van der Waals surface area contributed by atoms with Gasteiger partial charge in [0.05, 0.1) is 5.39 Å². The highest BCUT2D eigenvalue weighted by atomic mass is 35.5. The van der Waals surface area contributed by atoms with Gasteiger partial charge < -0.3 is 29.1 Å². The predicted molar refractivity (Wildman–Crippen MR) is 154 cm³/mol. The molecule has 0 aliphatic carbocycles. The van der Waals surface area contributed by atoms with Crippen molar-refractivity contribution in [2.24, 2.45) is 0 Å². The summed E-state index contributed by atoms with van der Waals surface area (Å²) >= 11 is 5.22. The summed E-state index contributed by atoms with van der Waals surface area (Å²) < 4.78 is 50.6. The zero-order chi connectivity index (χ0) is 30.2. The fourth-order valence-corrected chi connectivity index (χ4v) is 5.18. The fraction of sp³-hybridized carbons (Fsp3) is 0.276. The zero-order valence-corrected chi connectivity index (χ0v) is 23.5. The molecule has 1 fully saturated rings. The van der Waals surface area contributed by atoms with E-state index >= 15 is 4.39 Å². The third-order valence-corrected chi connectivity index (χ3v) is 6.98. The van der Waals surface area contributed by atoms with Gasteiger partial charge in [0.15, 0.2) is 11.6 Å². The van der Waals surface area contributed by atoms with Crippen LogP contribution in [0.15, 0.2) is 65.7 Å². The number of carbonyl (C=O) groups is 1. The number of hydrogen-bond acceptors (Lipinski definition) is 7. The number of ether oxygens (including phenoxy) is 1. The highest BCUT2D eigenvalue weighted by molar-refractivity contribution is 6.21. The summed E-state index contributed by atoms with van der Waals surface area (Å²) in [6, 6.07) is 13.2. The Labute approximate surface area is 243 Å². The van der Waals surface area contributed by atoms with Crippen molar-refractivity contribution in [3.8, 4) is 11.4 Å².